The summed E-state index contributed by atoms with van der Waals surface area (Å²) in [6.45, 7) is 4.28. The first kappa shape index (κ1) is 25.9. The minimum Gasteiger partial charge on any atom is -0.355 e. The SMILES string of the molecule is CC(C)Cc1c(F)cnc2cc(Cn3cccc(NC(=O)CCC/C=C/C(=O)N(C)C)c3=O)[nH]c12. The molecule has 9 heteroatoms. The molecular weight excluding hydrogens is 449 g/mol. The Labute approximate surface area is 203 Å². The Hall–Kier alpha value is -3.75. The van der Waals surface area contributed by atoms with Gasteiger partial charge in [-0.3, -0.25) is 19.4 Å². The molecule has 0 aromatic carbocycles. The van der Waals surface area contributed by atoms with Gasteiger partial charge in [-0.05, 0) is 49.5 Å². The molecule has 0 saturated carbocycles. The highest BCUT2D eigenvalue weighted by molar-refractivity contribution is 5.90. The second-order valence-corrected chi connectivity index (χ2v) is 9.17. The molecule has 3 aromatic heterocycles. The number of nitrogens with one attached hydrogen (secondary N) is 2. The van der Waals surface area contributed by atoms with E-state index in [1.807, 2.05) is 19.9 Å². The lowest BCUT2D eigenvalue weighted by molar-refractivity contribution is -0.123. The summed E-state index contributed by atoms with van der Waals surface area (Å²) in [5.41, 5.74) is 2.45. The van der Waals surface area contributed by atoms with Crippen LogP contribution in [-0.4, -0.2) is 45.3 Å². The van der Waals surface area contributed by atoms with E-state index in [1.54, 1.807) is 38.5 Å². The number of pyridine rings is 2. The number of hydrogen-bond acceptors (Lipinski definition) is 4. The van der Waals surface area contributed by atoms with Crippen molar-refractivity contribution < 1.29 is 14.0 Å². The van der Waals surface area contributed by atoms with Crippen LogP contribution >= 0.6 is 0 Å². The van der Waals surface area contributed by atoms with E-state index >= 15 is 0 Å². The maximum atomic E-state index is 14.4. The highest BCUT2D eigenvalue weighted by Gasteiger charge is 2.14. The predicted octanol–water partition coefficient (Wildman–Crippen LogP) is 3.86. The summed E-state index contributed by atoms with van der Waals surface area (Å²) in [6.07, 6.45) is 8.03. The molecule has 0 bridgehead atoms. The van der Waals surface area contributed by atoms with Crippen molar-refractivity contribution in [3.05, 3.63) is 70.2 Å². The van der Waals surface area contributed by atoms with Crippen LogP contribution < -0.4 is 10.9 Å². The maximum Gasteiger partial charge on any atom is 0.274 e. The third-order valence-electron chi connectivity index (χ3n) is 5.48. The number of hydrogen-bond donors (Lipinski definition) is 2. The second-order valence-electron chi connectivity index (χ2n) is 9.17. The molecule has 3 aromatic rings. The number of allylic oxidation sites excluding steroid dienone is 1. The van der Waals surface area contributed by atoms with Gasteiger partial charge in [0.15, 0.2) is 0 Å². The third-order valence-corrected chi connectivity index (χ3v) is 5.48. The van der Waals surface area contributed by atoms with Crippen molar-refractivity contribution in [2.45, 2.75) is 46.1 Å². The normalized spacial score (nSPS) is 11.5. The first-order chi connectivity index (χ1) is 16.7. The monoisotopic (exact) mass is 481 g/mol. The van der Waals surface area contributed by atoms with Crippen LogP contribution in [0.4, 0.5) is 10.1 Å². The third kappa shape index (κ3) is 6.88. The molecule has 186 valence electrons. The lowest BCUT2D eigenvalue weighted by Crippen LogP contribution is -2.25. The van der Waals surface area contributed by atoms with Crippen LogP contribution in [0.3, 0.4) is 0 Å². The zero-order chi connectivity index (χ0) is 25.5. The van der Waals surface area contributed by atoms with Gasteiger partial charge in [-0.15, -0.1) is 0 Å². The number of carbonyl (C=O) groups is 2. The highest BCUT2D eigenvalue weighted by Crippen LogP contribution is 2.23. The highest BCUT2D eigenvalue weighted by atomic mass is 19.1. The van der Waals surface area contributed by atoms with E-state index in [4.69, 9.17) is 0 Å². The molecule has 2 N–H and O–H groups in total. The summed E-state index contributed by atoms with van der Waals surface area (Å²) < 4.78 is 15.8. The molecule has 35 heavy (non-hydrogen) atoms. The molecule has 0 atom stereocenters. The number of amides is 2. The Bertz CT molecular complexity index is 1290. The van der Waals surface area contributed by atoms with E-state index in [-0.39, 0.29) is 47.8 Å². The number of unbranched alkanes of at least 4 members (excludes halogenated alkanes) is 1. The fourth-order valence-corrected chi connectivity index (χ4v) is 3.71. The maximum absolute atomic E-state index is 14.4. The molecule has 0 spiro atoms. The van der Waals surface area contributed by atoms with Crippen LogP contribution in [0.2, 0.25) is 0 Å². The minimum absolute atomic E-state index is 0.105. The van der Waals surface area contributed by atoms with Gasteiger partial charge >= 0.3 is 0 Å². The Morgan fingerprint density at radius 1 is 1.31 bits per heavy atom. The van der Waals surface area contributed by atoms with Crippen molar-refractivity contribution in [3.63, 3.8) is 0 Å². The summed E-state index contributed by atoms with van der Waals surface area (Å²) in [6, 6.07) is 5.07. The summed E-state index contributed by atoms with van der Waals surface area (Å²) >= 11 is 0. The summed E-state index contributed by atoms with van der Waals surface area (Å²) in [5.74, 6) is -0.440. The van der Waals surface area contributed by atoms with Gasteiger partial charge in [0, 0.05) is 38.0 Å². The molecular formula is C26H32FN5O3. The van der Waals surface area contributed by atoms with Gasteiger partial charge in [-0.1, -0.05) is 19.9 Å². The Morgan fingerprint density at radius 3 is 2.80 bits per heavy atom. The van der Waals surface area contributed by atoms with E-state index in [0.29, 0.717) is 41.6 Å². The molecule has 3 rings (SSSR count). The second kappa shape index (κ2) is 11.6. The lowest BCUT2D eigenvalue weighted by atomic mass is 10.0. The number of fused-ring (bicyclic) bond motifs is 1. The first-order valence-corrected chi connectivity index (χ1v) is 11.7. The van der Waals surface area contributed by atoms with E-state index in [1.165, 1.54) is 21.7 Å². The van der Waals surface area contributed by atoms with Gasteiger partial charge in [0.2, 0.25) is 11.8 Å². The average molecular weight is 482 g/mol. The lowest BCUT2D eigenvalue weighted by Gasteiger charge is -2.09. The summed E-state index contributed by atoms with van der Waals surface area (Å²) in [7, 11) is 3.34. The Balaban J connectivity index is 1.66. The van der Waals surface area contributed by atoms with Crippen molar-refractivity contribution in [2.75, 3.05) is 19.4 Å². The number of carbonyl (C=O) groups excluding carboxylic acids is 2. The van der Waals surface area contributed by atoms with Gasteiger partial charge in [0.1, 0.15) is 11.5 Å². The van der Waals surface area contributed by atoms with Crippen molar-refractivity contribution in [2.24, 2.45) is 5.92 Å². The topological polar surface area (TPSA) is 100 Å². The number of anilines is 1. The number of nitrogens with zero attached hydrogens (tertiary/aromatic N) is 3. The van der Waals surface area contributed by atoms with Crippen LogP contribution in [0.25, 0.3) is 11.0 Å². The smallest absolute Gasteiger partial charge is 0.274 e. The molecule has 0 aliphatic heterocycles. The van der Waals surface area contributed by atoms with Crippen molar-refractivity contribution in [1.29, 1.82) is 0 Å². The number of halogens is 1. The van der Waals surface area contributed by atoms with Gasteiger partial charge in [0.25, 0.3) is 5.56 Å². The van der Waals surface area contributed by atoms with Crippen molar-refractivity contribution in [1.82, 2.24) is 19.4 Å². The molecule has 8 nitrogen and oxygen atoms in total. The van der Waals surface area contributed by atoms with Crippen LogP contribution in [0.5, 0.6) is 0 Å². The molecule has 3 heterocycles. The average Bonchev–Trinajstić information content (AvgIpc) is 3.20. The predicted molar refractivity (Wildman–Crippen MR) is 135 cm³/mol. The number of aromatic nitrogens is 3. The van der Waals surface area contributed by atoms with Gasteiger partial charge in [-0.2, -0.15) is 0 Å². The molecule has 0 radical (unpaired) electrons. The number of likely N-dealkylation sites (N-methyl/N-ethyl adjacent to an activating group) is 1. The first-order valence-electron chi connectivity index (χ1n) is 11.7. The quantitative estimate of drug-likeness (QED) is 0.339. The molecule has 2 amide bonds. The van der Waals surface area contributed by atoms with Crippen LogP contribution in [0, 0.1) is 11.7 Å². The standard InChI is InChI=1S/C26H32FN5O3/c1-17(2)13-19-20(27)15-28-22-14-18(29-25(19)22)16-32-12-8-9-21(26(32)35)30-23(33)10-6-5-7-11-24(34)31(3)4/h7-9,11-12,14-15,17,29H,5-6,10,13,16H2,1-4H3,(H,30,33)/b11-7+. The fourth-order valence-electron chi connectivity index (χ4n) is 3.71. The molecule has 0 unspecified atom stereocenters. The van der Waals surface area contributed by atoms with Crippen LogP contribution in [0.15, 0.2) is 47.5 Å². The fraction of sp³-hybridized carbons (Fsp3) is 0.385. The number of rotatable bonds is 10. The van der Waals surface area contributed by atoms with Gasteiger partial charge < -0.3 is 19.8 Å². The van der Waals surface area contributed by atoms with Crippen molar-refractivity contribution >= 4 is 28.5 Å². The van der Waals surface area contributed by atoms with E-state index in [2.05, 4.69) is 15.3 Å². The minimum atomic E-state index is -0.346. The summed E-state index contributed by atoms with van der Waals surface area (Å²) in [4.78, 5) is 45.6. The van der Waals surface area contributed by atoms with E-state index in [0.717, 1.165) is 0 Å². The van der Waals surface area contributed by atoms with E-state index in [9.17, 15) is 18.8 Å². The molecule has 0 aliphatic carbocycles. The molecule has 0 saturated heterocycles. The summed E-state index contributed by atoms with van der Waals surface area (Å²) in [5, 5.41) is 2.68. The largest absolute Gasteiger partial charge is 0.355 e. The number of aromatic amines is 1. The van der Waals surface area contributed by atoms with Crippen LogP contribution in [0.1, 0.15) is 44.4 Å². The van der Waals surface area contributed by atoms with E-state index < -0.39 is 0 Å². The Morgan fingerprint density at radius 2 is 2.09 bits per heavy atom. The molecule has 0 fully saturated rings. The zero-order valence-electron chi connectivity index (χ0n) is 20.6. The molecule has 0 aliphatic rings. The number of H-pyrrole nitrogens is 1. The Kier molecular flexibility index (Phi) is 8.57. The van der Waals surface area contributed by atoms with Crippen molar-refractivity contribution in [3.8, 4) is 0 Å². The zero-order valence-corrected chi connectivity index (χ0v) is 20.6. The van der Waals surface area contributed by atoms with Gasteiger partial charge in [0.05, 0.1) is 23.8 Å². The van der Waals surface area contributed by atoms with Crippen LogP contribution in [-0.2, 0) is 22.6 Å². The van der Waals surface area contributed by atoms with Gasteiger partial charge in [-0.25, -0.2) is 4.39 Å².